The molecule has 0 heterocycles. The van der Waals surface area contributed by atoms with Gasteiger partial charge in [0.2, 0.25) is 0 Å². The number of alkyl halides is 1. The van der Waals surface area contributed by atoms with Gasteiger partial charge in [0.25, 0.3) is 0 Å². The highest BCUT2D eigenvalue weighted by atomic mass is 35.5. The number of hydrogen-bond acceptors (Lipinski definition) is 3. The fraction of sp³-hybridized carbons (Fsp3) is 0.286. The second-order valence-corrected chi connectivity index (χ2v) is 3.07. The highest BCUT2D eigenvalue weighted by Gasteiger charge is 2.39. The number of nitrogens with zero attached hydrogens (tertiary/aromatic N) is 2. The molecule has 1 unspecified atom stereocenters. The summed E-state index contributed by atoms with van der Waals surface area (Å²) in [6.45, 7) is 0. The van der Waals surface area contributed by atoms with Crippen LogP contribution in [-0.2, 0) is 0 Å². The molecule has 0 aromatic carbocycles. The molecule has 4 nitrogen and oxygen atoms in total. The molecule has 1 aliphatic carbocycles. The molecule has 0 saturated carbocycles. The second kappa shape index (κ2) is 2.95. The smallest absolute Gasteiger partial charge is 0.262 e. The molecule has 0 aromatic heterocycles. The summed E-state index contributed by atoms with van der Waals surface area (Å²) in [5, 5.41) is 18.9. The molecule has 0 aliphatic heterocycles. The van der Waals surface area contributed by atoms with E-state index in [2.05, 4.69) is 0 Å². The summed E-state index contributed by atoms with van der Waals surface area (Å²) in [5.74, 6) is 0. The van der Waals surface area contributed by atoms with Crippen molar-refractivity contribution in [2.24, 2.45) is 0 Å². The Labute approximate surface area is 73.9 Å². The minimum atomic E-state index is -1.63. The van der Waals surface area contributed by atoms with Gasteiger partial charge in [-0.25, -0.2) is 0 Å². The molecule has 0 saturated heterocycles. The zero-order valence-corrected chi connectivity index (χ0v) is 6.78. The van der Waals surface area contributed by atoms with Crippen molar-refractivity contribution < 1.29 is 4.92 Å². The number of allylic oxidation sites excluding steroid dienone is 2. The van der Waals surface area contributed by atoms with Gasteiger partial charge in [0.1, 0.15) is 0 Å². The first-order valence-electron chi connectivity index (χ1n) is 3.20. The molecule has 1 atom stereocenters. The Morgan fingerprint density at radius 2 is 2.50 bits per heavy atom. The first-order valence-corrected chi connectivity index (χ1v) is 3.58. The maximum absolute atomic E-state index is 10.4. The highest BCUT2D eigenvalue weighted by molar-refractivity contribution is 6.24. The second-order valence-electron chi connectivity index (χ2n) is 2.42. The van der Waals surface area contributed by atoms with Gasteiger partial charge in [-0.15, -0.1) is 0 Å². The first-order chi connectivity index (χ1) is 5.58. The molecule has 0 fully saturated rings. The van der Waals surface area contributed by atoms with Crippen molar-refractivity contribution >= 4 is 11.6 Å². The number of rotatable bonds is 1. The molecule has 5 heteroatoms. The van der Waals surface area contributed by atoms with Crippen molar-refractivity contribution in [3.05, 3.63) is 33.9 Å². The van der Waals surface area contributed by atoms with Crippen LogP contribution in [0.1, 0.15) is 6.42 Å². The third kappa shape index (κ3) is 1.46. The van der Waals surface area contributed by atoms with Crippen LogP contribution in [-0.4, -0.2) is 9.92 Å². The predicted octanol–water partition coefficient (Wildman–Crippen LogP) is 1.61. The molecule has 62 valence electrons. The molecular formula is C7H5ClN2O2. The fourth-order valence-corrected chi connectivity index (χ4v) is 1.12. The molecule has 0 radical (unpaired) electrons. The van der Waals surface area contributed by atoms with Crippen LogP contribution in [0.2, 0.25) is 0 Å². The Hall–Kier alpha value is -1.34. The van der Waals surface area contributed by atoms with Crippen LogP contribution in [0, 0.1) is 21.4 Å². The van der Waals surface area contributed by atoms with Crippen molar-refractivity contribution in [2.75, 3.05) is 0 Å². The SMILES string of the molecule is N#CC1=CC=CC(Cl)([N+](=O)[O-])C1. The maximum Gasteiger partial charge on any atom is 0.318 e. The molecule has 12 heavy (non-hydrogen) atoms. The number of nitro groups is 1. The zero-order valence-electron chi connectivity index (χ0n) is 6.03. The first kappa shape index (κ1) is 8.75. The van der Waals surface area contributed by atoms with Crippen LogP contribution in [0.25, 0.3) is 0 Å². The summed E-state index contributed by atoms with van der Waals surface area (Å²) in [4.78, 5) is 8.20. The van der Waals surface area contributed by atoms with Crippen molar-refractivity contribution in [1.82, 2.24) is 0 Å². The molecule has 1 rings (SSSR count). The largest absolute Gasteiger partial charge is 0.318 e. The Morgan fingerprint density at radius 1 is 1.83 bits per heavy atom. The maximum atomic E-state index is 10.4. The third-order valence-corrected chi connectivity index (χ3v) is 1.93. The summed E-state index contributed by atoms with van der Waals surface area (Å²) in [6.07, 6.45) is 4.17. The lowest BCUT2D eigenvalue weighted by molar-refractivity contribution is -0.527. The third-order valence-electron chi connectivity index (χ3n) is 1.53. The van der Waals surface area contributed by atoms with Crippen molar-refractivity contribution in [1.29, 1.82) is 5.26 Å². The predicted molar refractivity (Wildman–Crippen MR) is 43.0 cm³/mol. The number of halogens is 1. The van der Waals surface area contributed by atoms with Crippen molar-refractivity contribution in [3.8, 4) is 6.07 Å². The van der Waals surface area contributed by atoms with E-state index < -0.39 is 9.92 Å². The fourth-order valence-electron chi connectivity index (χ4n) is 0.899. The molecule has 0 bridgehead atoms. The van der Waals surface area contributed by atoms with Gasteiger partial charge in [-0.05, 0) is 17.7 Å². The Balaban J connectivity index is 2.92. The van der Waals surface area contributed by atoms with E-state index in [0.717, 1.165) is 0 Å². The minimum Gasteiger partial charge on any atom is -0.262 e. The van der Waals surface area contributed by atoms with Gasteiger partial charge in [-0.2, -0.15) is 5.26 Å². The Morgan fingerprint density at radius 3 is 3.00 bits per heavy atom. The van der Waals surface area contributed by atoms with Crippen LogP contribution in [0.15, 0.2) is 23.8 Å². The summed E-state index contributed by atoms with van der Waals surface area (Å²) in [6, 6.07) is 1.83. The quantitative estimate of drug-likeness (QED) is 0.269. The molecular weight excluding hydrogens is 180 g/mol. The number of nitriles is 1. The topological polar surface area (TPSA) is 66.9 Å². The normalized spacial score (nSPS) is 27.5. The van der Waals surface area contributed by atoms with Crippen LogP contribution < -0.4 is 0 Å². The summed E-state index contributed by atoms with van der Waals surface area (Å²) in [7, 11) is 0. The Bertz CT molecular complexity index is 316. The van der Waals surface area contributed by atoms with E-state index >= 15 is 0 Å². The van der Waals surface area contributed by atoms with Crippen molar-refractivity contribution in [3.63, 3.8) is 0 Å². The average molecular weight is 185 g/mol. The lowest BCUT2D eigenvalue weighted by atomic mass is 10.0. The van der Waals surface area contributed by atoms with Gasteiger partial charge in [-0.3, -0.25) is 10.1 Å². The van der Waals surface area contributed by atoms with Crippen LogP contribution in [0.3, 0.4) is 0 Å². The van der Waals surface area contributed by atoms with E-state index in [4.69, 9.17) is 16.9 Å². The van der Waals surface area contributed by atoms with Crippen LogP contribution in [0.4, 0.5) is 0 Å². The van der Waals surface area contributed by atoms with Gasteiger partial charge in [0, 0.05) is 16.6 Å². The molecule has 1 aliphatic rings. The van der Waals surface area contributed by atoms with Gasteiger partial charge < -0.3 is 0 Å². The Kier molecular flexibility index (Phi) is 2.15. The molecule has 0 N–H and O–H groups in total. The summed E-state index contributed by atoms with van der Waals surface area (Å²) in [5.41, 5.74) is 0.323. The van der Waals surface area contributed by atoms with Gasteiger partial charge in [-0.1, -0.05) is 6.08 Å². The van der Waals surface area contributed by atoms with E-state index in [1.54, 1.807) is 0 Å². The lowest BCUT2D eigenvalue weighted by Gasteiger charge is -2.15. The molecule has 0 amide bonds. The van der Waals surface area contributed by atoms with Gasteiger partial charge >= 0.3 is 5.00 Å². The molecule has 0 aromatic rings. The molecule has 0 spiro atoms. The summed E-state index contributed by atoms with van der Waals surface area (Å²) < 4.78 is 0. The van der Waals surface area contributed by atoms with Crippen LogP contribution >= 0.6 is 11.6 Å². The standard InChI is InChI=1S/C7H5ClN2O2/c8-7(10(11)12)3-1-2-6(4-7)5-9/h1-3H,4H2. The zero-order chi connectivity index (χ0) is 9.19. The van der Waals surface area contributed by atoms with Gasteiger partial charge in [0.05, 0.1) is 12.5 Å². The minimum absolute atomic E-state index is 0.0471. The van der Waals surface area contributed by atoms with E-state index in [1.807, 2.05) is 6.07 Å². The van der Waals surface area contributed by atoms with E-state index in [9.17, 15) is 10.1 Å². The van der Waals surface area contributed by atoms with E-state index in [-0.39, 0.29) is 6.42 Å². The van der Waals surface area contributed by atoms with E-state index in [1.165, 1.54) is 18.2 Å². The monoisotopic (exact) mass is 184 g/mol. The lowest BCUT2D eigenvalue weighted by Crippen LogP contribution is -2.30. The number of hydrogen-bond donors (Lipinski definition) is 0. The van der Waals surface area contributed by atoms with Gasteiger partial charge in [0.15, 0.2) is 0 Å². The van der Waals surface area contributed by atoms with Crippen molar-refractivity contribution in [2.45, 2.75) is 11.4 Å². The van der Waals surface area contributed by atoms with E-state index in [0.29, 0.717) is 5.57 Å². The van der Waals surface area contributed by atoms with Crippen LogP contribution in [0.5, 0.6) is 0 Å². The average Bonchev–Trinajstić information content (AvgIpc) is 2.04. The summed E-state index contributed by atoms with van der Waals surface area (Å²) >= 11 is 5.61. The highest BCUT2D eigenvalue weighted by Crippen LogP contribution is 2.29.